The molecule has 1 atom stereocenters. The summed E-state index contributed by atoms with van der Waals surface area (Å²) in [6.45, 7) is 85.6. The molecule has 0 aromatic carbocycles. The van der Waals surface area contributed by atoms with Gasteiger partial charge in [-0.1, -0.05) is 131 Å². The van der Waals surface area contributed by atoms with Crippen LogP contribution in [0.3, 0.4) is 0 Å². The molecule has 476 valence electrons. The van der Waals surface area contributed by atoms with Gasteiger partial charge in [0.1, 0.15) is 5.78 Å². The lowest BCUT2D eigenvalue weighted by Gasteiger charge is -2.36. The summed E-state index contributed by atoms with van der Waals surface area (Å²) in [7, 11) is 4.70. The highest BCUT2D eigenvalue weighted by atomic mass is 32.2. The fourth-order valence-electron chi connectivity index (χ4n) is 3.08. The largest absolute Gasteiger partial charge is 0.469 e. The Hall–Kier alpha value is -1.56. The number of rotatable bonds is 5. The van der Waals surface area contributed by atoms with Gasteiger partial charge in [-0.25, -0.2) is 0 Å². The minimum Gasteiger partial charge on any atom is -0.469 e. The molecule has 0 aliphatic rings. The van der Waals surface area contributed by atoms with Crippen molar-refractivity contribution < 1.29 is 32.7 Å². The molecule has 0 radical (unpaired) electrons. The molecule has 0 rings (SSSR count). The van der Waals surface area contributed by atoms with Crippen molar-refractivity contribution in [2.75, 3.05) is 55.0 Å². The van der Waals surface area contributed by atoms with Crippen LogP contribution in [0.4, 0.5) is 0 Å². The summed E-state index contributed by atoms with van der Waals surface area (Å²) in [5, 5.41) is 3.19. The average molecular weight is 1220 g/mol. The Morgan fingerprint density at radius 3 is 0.692 bits per heavy atom. The number of methoxy groups -OCH3 is 2. The zero-order valence-electron chi connectivity index (χ0n) is 62.4. The number of carbonyl (C=O) groups is 3. The van der Waals surface area contributed by atoms with Crippen LogP contribution in [0.25, 0.3) is 0 Å². The molecule has 0 saturated carbocycles. The first kappa shape index (κ1) is 108. The fraction of sp³-hybridized carbons (Fsp3) is 0.797. The molecule has 8 nitrogen and oxygen atoms in total. The van der Waals surface area contributed by atoms with E-state index in [4.69, 9.17) is 8.85 Å². The Morgan fingerprint density at radius 1 is 0.513 bits per heavy atom. The first-order chi connectivity index (χ1) is 34.1. The van der Waals surface area contributed by atoms with Gasteiger partial charge in [-0.3, -0.25) is 9.59 Å². The monoisotopic (exact) mass is 1210 g/mol. The van der Waals surface area contributed by atoms with E-state index < -0.39 is 40.9 Å². The first-order valence-corrected chi connectivity index (χ1v) is 46.7. The van der Waals surface area contributed by atoms with E-state index in [1.165, 1.54) is 62.0 Å². The molecule has 0 bridgehead atoms. The van der Waals surface area contributed by atoms with E-state index in [-0.39, 0.29) is 23.3 Å². The van der Waals surface area contributed by atoms with Crippen molar-refractivity contribution >= 4 is 70.3 Å². The predicted octanol–water partition coefficient (Wildman–Crippen LogP) is 21.4. The summed E-state index contributed by atoms with van der Waals surface area (Å²) in [5.74, 6) is 5.38. The van der Waals surface area contributed by atoms with E-state index in [0.717, 1.165) is 5.54 Å². The van der Waals surface area contributed by atoms with Crippen LogP contribution in [-0.2, 0) is 32.7 Å². The quantitative estimate of drug-likeness (QED) is 0.116. The molecule has 0 aromatic rings. The number of ether oxygens (including phenoxy) is 2. The highest BCUT2D eigenvalue weighted by Crippen LogP contribution is 2.38. The molecule has 0 N–H and O–H groups in total. The molecule has 0 aliphatic carbocycles. The number of thioether (sulfide) groups is 1. The van der Waals surface area contributed by atoms with E-state index in [2.05, 4.69) is 263 Å². The Bertz CT molecular complexity index is 1450. The van der Waals surface area contributed by atoms with E-state index in [1.807, 2.05) is 26.4 Å². The molecule has 0 fully saturated rings. The third-order valence-electron chi connectivity index (χ3n) is 10.2. The van der Waals surface area contributed by atoms with Gasteiger partial charge in [-0.2, -0.15) is 11.8 Å². The van der Waals surface area contributed by atoms with Gasteiger partial charge in [0.15, 0.2) is 16.6 Å². The number of ketones is 1. The summed E-state index contributed by atoms with van der Waals surface area (Å²) < 4.78 is 19.2. The predicted molar refractivity (Wildman–Crippen MR) is 382 cm³/mol. The zero-order chi connectivity index (χ0) is 67.2. The van der Waals surface area contributed by atoms with Gasteiger partial charge in [-0.15, -0.1) is 11.8 Å². The maximum absolute atomic E-state index is 10.1. The SMILES string of the molecule is C/C=C(/C)[Si](C)(C)C.C/C=C(\C)[Si](C)(C)C.CC#CC.CC(=O)N(C)C.CC(C(C)(C)C)[Si](C)(C)C.CC(C)(C)O[Si](C)(C)C.CC(C)=C(C)C.CC(C)=C(C)C.CC(C)=O.COC.COC(C)=O.CO[Si](C)(C)C.CSC. The summed E-state index contributed by atoms with van der Waals surface area (Å²) in [4.78, 5) is 30.6. The van der Waals surface area contributed by atoms with Crippen molar-refractivity contribution in [2.24, 2.45) is 5.41 Å². The number of hydrogen-bond acceptors (Lipinski definition) is 8. The lowest BCUT2D eigenvalue weighted by Crippen LogP contribution is -2.35. The van der Waals surface area contributed by atoms with Crippen molar-refractivity contribution in [3.05, 3.63) is 44.8 Å². The van der Waals surface area contributed by atoms with E-state index in [1.54, 1.807) is 57.6 Å². The molecule has 0 saturated heterocycles. The minimum atomic E-state index is -1.29. The second kappa shape index (κ2) is 61.5. The third kappa shape index (κ3) is 158. The van der Waals surface area contributed by atoms with Crippen LogP contribution in [0.5, 0.6) is 0 Å². The maximum Gasteiger partial charge on any atom is 0.302 e. The molecule has 1 unspecified atom stereocenters. The second-order valence-corrected chi connectivity index (χ2v) is 52.9. The third-order valence-corrected chi connectivity index (χ3v) is 21.4. The summed E-state index contributed by atoms with van der Waals surface area (Å²) >= 11 is 1.75. The molecular weight excluding hydrogens is 1070 g/mol. The minimum absolute atomic E-state index is 0.0461. The number of Topliss-reactive ketones (excluding diaryl/α,β-unsaturated/α-hetero) is 1. The van der Waals surface area contributed by atoms with Crippen LogP contribution in [0.2, 0.25) is 104 Å². The van der Waals surface area contributed by atoms with Gasteiger partial charge in [0.2, 0.25) is 5.91 Å². The Kier molecular flexibility index (Phi) is 85.2. The van der Waals surface area contributed by atoms with Gasteiger partial charge in [0.25, 0.3) is 0 Å². The van der Waals surface area contributed by atoms with Gasteiger partial charge >= 0.3 is 5.97 Å². The van der Waals surface area contributed by atoms with Gasteiger partial charge in [0, 0.05) is 62.9 Å². The Labute approximate surface area is 504 Å². The summed E-state index contributed by atoms with van der Waals surface area (Å²) in [5.41, 5.74) is 7.16. The lowest BCUT2D eigenvalue weighted by molar-refractivity contribution is -0.138. The van der Waals surface area contributed by atoms with Crippen molar-refractivity contribution in [3.8, 4) is 11.8 Å². The number of nitrogens with zero attached hydrogens (tertiary/aromatic N) is 1. The molecule has 1 amide bonds. The second-order valence-electron chi connectivity index (χ2n) is 26.9. The van der Waals surface area contributed by atoms with Crippen LogP contribution >= 0.6 is 11.8 Å². The van der Waals surface area contributed by atoms with E-state index in [0.29, 0.717) is 5.41 Å². The summed E-state index contributed by atoms with van der Waals surface area (Å²) in [6.07, 6.45) is 8.54. The van der Waals surface area contributed by atoms with Crippen LogP contribution in [0, 0.1) is 17.3 Å². The lowest BCUT2D eigenvalue weighted by atomic mass is 9.93. The zero-order valence-corrected chi connectivity index (χ0v) is 68.3. The highest BCUT2D eigenvalue weighted by Gasteiger charge is 2.31. The van der Waals surface area contributed by atoms with Gasteiger partial charge < -0.3 is 28.0 Å². The smallest absolute Gasteiger partial charge is 0.302 e. The molecule has 78 heavy (non-hydrogen) atoms. The number of carbonyl (C=O) groups excluding carboxylic acids is 3. The molecular formula is C64H147NO7SSi5. The normalized spacial score (nSPS) is 10.9. The summed E-state index contributed by atoms with van der Waals surface area (Å²) in [6, 6.07) is 0. The molecule has 0 aliphatic heterocycles. The molecule has 14 heteroatoms. The number of hydrogen-bond donors (Lipinski definition) is 0. The van der Waals surface area contributed by atoms with E-state index in [9.17, 15) is 14.4 Å². The van der Waals surface area contributed by atoms with Gasteiger partial charge in [-0.05, 0) is 194 Å². The van der Waals surface area contributed by atoms with Crippen molar-refractivity contribution in [2.45, 2.75) is 282 Å². The van der Waals surface area contributed by atoms with Crippen molar-refractivity contribution in [1.82, 2.24) is 4.90 Å². The Balaban J connectivity index is -0.0000000541. The molecule has 0 heterocycles. The number of amides is 1. The Morgan fingerprint density at radius 2 is 0.692 bits per heavy atom. The van der Waals surface area contributed by atoms with Crippen LogP contribution < -0.4 is 0 Å². The van der Waals surface area contributed by atoms with Crippen LogP contribution in [0.1, 0.15) is 173 Å². The van der Waals surface area contributed by atoms with Crippen LogP contribution in [0.15, 0.2) is 44.8 Å². The number of esters is 1. The van der Waals surface area contributed by atoms with Crippen molar-refractivity contribution in [3.63, 3.8) is 0 Å². The topological polar surface area (TPSA) is 91.4 Å². The fourth-order valence-corrected chi connectivity index (χ4v) is 9.25. The molecule has 0 aromatic heterocycles. The van der Waals surface area contributed by atoms with Gasteiger partial charge in [0.05, 0.1) is 23.3 Å². The standard InChI is InChI=1S/C9H22Si.C7H18OSi.2C7H16Si.2C6H12.C4H9NO.C4H12OSi.C4H6.C3H6O2.C3H6O.C2H6O.C2H6S/c1-8(9(2,3)4)10(5,6)7;1-7(2,3)8-9(4,5)6;2*1-6-7(2)8(3,4)5;2*1-5(2)6(3)4;1-4(6)5(2)3;1-5-6(2,3)4;1-3-4-2;1-3(4)5-2;1-3(2)4;2*1-3-2/h8H,1-7H3;1-6H3;2*6H,1-5H3;2*1-4H3;1-3H3;1-4H3;1-2H3;1-2H3;1-2H3;2*1-2H3/b;;7-6+;7-6-;;;;;;;;;. The number of allylic oxidation sites excluding steroid dienone is 8. The van der Waals surface area contributed by atoms with E-state index >= 15 is 0 Å². The van der Waals surface area contributed by atoms with Crippen molar-refractivity contribution in [1.29, 1.82) is 0 Å². The maximum atomic E-state index is 10.1. The first-order valence-electron chi connectivity index (χ1n) is 27.6. The average Bonchev–Trinajstić information content (AvgIpc) is 3.22. The van der Waals surface area contributed by atoms with Crippen LogP contribution in [-0.4, -0.2) is 124 Å². The highest BCUT2D eigenvalue weighted by molar-refractivity contribution is 7.97. The molecule has 0 spiro atoms.